The van der Waals surface area contributed by atoms with Gasteiger partial charge in [-0.05, 0) is 42.8 Å². The van der Waals surface area contributed by atoms with E-state index >= 15 is 0 Å². The van der Waals surface area contributed by atoms with E-state index in [-0.39, 0.29) is 29.6 Å². The van der Waals surface area contributed by atoms with Crippen molar-refractivity contribution >= 4 is 27.5 Å². The lowest BCUT2D eigenvalue weighted by Crippen LogP contribution is -2.47. The number of hydrogen-bond acceptors (Lipinski definition) is 5. The van der Waals surface area contributed by atoms with Crippen molar-refractivity contribution in [3.05, 3.63) is 106 Å². The lowest BCUT2D eigenvalue weighted by molar-refractivity contribution is 0.0725. The summed E-state index contributed by atoms with van der Waals surface area (Å²) in [5.41, 5.74) is 2.51. The summed E-state index contributed by atoms with van der Waals surface area (Å²) in [6, 6.07) is 22.6. The lowest BCUT2D eigenvalue weighted by atomic mass is 10.1. The molecule has 1 aliphatic heterocycles. The van der Waals surface area contributed by atoms with Crippen LogP contribution in [0.25, 0.3) is 16.9 Å². The van der Waals surface area contributed by atoms with Gasteiger partial charge in [-0.2, -0.15) is 0 Å². The molecular weight excluding hydrogens is 550 g/mol. The second kappa shape index (κ2) is 11.8. The minimum absolute atomic E-state index is 0.0441. The highest BCUT2D eigenvalue weighted by atomic mass is 35.5. The van der Waals surface area contributed by atoms with Crippen LogP contribution in [0.1, 0.15) is 16.1 Å². The predicted molar refractivity (Wildman–Crippen MR) is 156 cm³/mol. The number of carbonyl (C=O) groups is 1. The summed E-state index contributed by atoms with van der Waals surface area (Å²) in [7, 11) is -3.86. The first kappa shape index (κ1) is 27.9. The summed E-state index contributed by atoms with van der Waals surface area (Å²) in [4.78, 5) is 30.0. The SMILES string of the molecule is Cc1ccccc1-n1c(-c2ccccc2)c(C(=O)N2CCNCC2)n(CCNS(=O)(=O)c2ccc(Cl)cc2)c1=O. The van der Waals surface area contributed by atoms with Crippen LogP contribution in [0.15, 0.2) is 88.6 Å². The lowest BCUT2D eigenvalue weighted by Gasteiger charge is -2.28. The Kier molecular flexibility index (Phi) is 8.22. The molecule has 0 spiro atoms. The summed E-state index contributed by atoms with van der Waals surface area (Å²) < 4.78 is 31.3. The van der Waals surface area contributed by atoms with Gasteiger partial charge in [0, 0.05) is 49.9 Å². The molecule has 208 valence electrons. The van der Waals surface area contributed by atoms with E-state index in [4.69, 9.17) is 11.6 Å². The molecule has 40 heavy (non-hydrogen) atoms. The van der Waals surface area contributed by atoms with Gasteiger partial charge in [-0.1, -0.05) is 60.1 Å². The molecule has 0 bridgehead atoms. The summed E-state index contributed by atoms with van der Waals surface area (Å²) in [6.45, 7) is 4.06. The Morgan fingerprint density at radius 1 is 0.950 bits per heavy atom. The van der Waals surface area contributed by atoms with Crippen molar-refractivity contribution in [2.45, 2.75) is 18.4 Å². The Morgan fingerprint density at radius 3 is 2.27 bits per heavy atom. The molecular formula is C29H30ClN5O4S. The number of aromatic nitrogens is 2. The minimum Gasteiger partial charge on any atom is -0.335 e. The van der Waals surface area contributed by atoms with Crippen molar-refractivity contribution in [2.24, 2.45) is 0 Å². The van der Waals surface area contributed by atoms with Gasteiger partial charge in [0.25, 0.3) is 5.91 Å². The van der Waals surface area contributed by atoms with E-state index in [0.717, 1.165) is 5.56 Å². The Morgan fingerprint density at radius 2 is 1.60 bits per heavy atom. The molecule has 2 N–H and O–H groups in total. The number of halogens is 1. The Hall–Kier alpha value is -3.70. The van der Waals surface area contributed by atoms with Crippen LogP contribution in [-0.4, -0.2) is 61.1 Å². The topological polar surface area (TPSA) is 105 Å². The fourth-order valence-corrected chi connectivity index (χ4v) is 6.02. The Bertz CT molecular complexity index is 1680. The number of benzene rings is 3. The van der Waals surface area contributed by atoms with Gasteiger partial charge in [0.05, 0.1) is 16.3 Å². The highest BCUT2D eigenvalue weighted by Gasteiger charge is 2.31. The number of nitrogens with zero attached hydrogens (tertiary/aromatic N) is 3. The molecule has 11 heteroatoms. The number of imidazole rings is 1. The molecule has 1 aliphatic rings. The summed E-state index contributed by atoms with van der Waals surface area (Å²) in [6.07, 6.45) is 0. The highest BCUT2D eigenvalue weighted by Crippen LogP contribution is 2.29. The zero-order chi connectivity index (χ0) is 28.3. The van der Waals surface area contributed by atoms with Gasteiger partial charge >= 0.3 is 5.69 Å². The average Bonchev–Trinajstić information content (AvgIpc) is 3.25. The van der Waals surface area contributed by atoms with Crippen molar-refractivity contribution in [3.8, 4) is 16.9 Å². The van der Waals surface area contributed by atoms with E-state index in [9.17, 15) is 18.0 Å². The zero-order valence-corrected chi connectivity index (χ0v) is 23.6. The quantitative estimate of drug-likeness (QED) is 0.333. The Labute approximate surface area is 238 Å². The van der Waals surface area contributed by atoms with Crippen LogP contribution in [0.3, 0.4) is 0 Å². The van der Waals surface area contributed by atoms with Gasteiger partial charge < -0.3 is 10.2 Å². The smallest absolute Gasteiger partial charge is 0.333 e. The molecule has 1 fully saturated rings. The molecule has 0 atom stereocenters. The Balaban J connectivity index is 1.62. The third kappa shape index (κ3) is 5.62. The maximum Gasteiger partial charge on any atom is 0.333 e. The average molecular weight is 580 g/mol. The van der Waals surface area contributed by atoms with E-state index in [1.165, 1.54) is 28.8 Å². The number of rotatable bonds is 8. The molecule has 0 unspecified atom stereocenters. The number of sulfonamides is 1. The number of carbonyl (C=O) groups excluding carboxylic acids is 1. The normalized spacial score (nSPS) is 13.9. The second-order valence-corrected chi connectivity index (χ2v) is 11.7. The van der Waals surface area contributed by atoms with E-state index in [2.05, 4.69) is 10.0 Å². The van der Waals surface area contributed by atoms with Gasteiger partial charge in [-0.3, -0.25) is 13.9 Å². The van der Waals surface area contributed by atoms with Crippen molar-refractivity contribution in [1.82, 2.24) is 24.1 Å². The largest absolute Gasteiger partial charge is 0.335 e. The van der Waals surface area contributed by atoms with Gasteiger partial charge in [0.1, 0.15) is 5.69 Å². The maximum atomic E-state index is 14.1. The van der Waals surface area contributed by atoms with Crippen molar-refractivity contribution in [3.63, 3.8) is 0 Å². The monoisotopic (exact) mass is 579 g/mol. The second-order valence-electron chi connectivity index (χ2n) is 9.51. The van der Waals surface area contributed by atoms with Crippen LogP contribution in [-0.2, 0) is 16.6 Å². The number of hydrogen-bond donors (Lipinski definition) is 2. The number of para-hydroxylation sites is 1. The van der Waals surface area contributed by atoms with Gasteiger partial charge in [0.2, 0.25) is 10.0 Å². The standard InChI is InChI=1S/C29H30ClN5O4S/c1-21-7-5-6-10-25(21)35-26(22-8-3-2-4-9-22)27(28(36)33-18-15-31-16-19-33)34(29(35)37)20-17-32-40(38,39)24-13-11-23(30)12-14-24/h2-14,31-32H,15-20H2,1H3. The maximum absolute atomic E-state index is 14.1. The minimum atomic E-state index is -3.86. The number of amides is 1. The molecule has 3 aromatic carbocycles. The first-order valence-corrected chi connectivity index (χ1v) is 14.9. The molecule has 1 saturated heterocycles. The number of nitrogens with one attached hydrogen (secondary N) is 2. The van der Waals surface area contributed by atoms with Crippen LogP contribution >= 0.6 is 11.6 Å². The van der Waals surface area contributed by atoms with Crippen LogP contribution in [0.5, 0.6) is 0 Å². The molecule has 4 aromatic rings. The van der Waals surface area contributed by atoms with E-state index in [1.807, 2.05) is 61.5 Å². The fourth-order valence-electron chi connectivity index (χ4n) is 4.88. The van der Waals surface area contributed by atoms with E-state index < -0.39 is 15.7 Å². The predicted octanol–water partition coefficient (Wildman–Crippen LogP) is 3.29. The molecule has 5 rings (SSSR count). The molecule has 9 nitrogen and oxygen atoms in total. The summed E-state index contributed by atoms with van der Waals surface area (Å²) in [5, 5.41) is 3.67. The van der Waals surface area contributed by atoms with E-state index in [1.54, 1.807) is 9.47 Å². The van der Waals surface area contributed by atoms with Crippen LogP contribution in [0.2, 0.25) is 5.02 Å². The van der Waals surface area contributed by atoms with Crippen LogP contribution in [0.4, 0.5) is 0 Å². The van der Waals surface area contributed by atoms with Crippen LogP contribution in [0, 0.1) is 6.92 Å². The third-order valence-electron chi connectivity index (χ3n) is 6.90. The molecule has 0 aliphatic carbocycles. The first-order chi connectivity index (χ1) is 19.3. The number of aryl methyl sites for hydroxylation is 1. The summed E-state index contributed by atoms with van der Waals surface area (Å²) >= 11 is 5.91. The first-order valence-electron chi connectivity index (χ1n) is 13.0. The van der Waals surface area contributed by atoms with Crippen molar-refractivity contribution in [2.75, 3.05) is 32.7 Å². The molecule has 1 amide bonds. The highest BCUT2D eigenvalue weighted by molar-refractivity contribution is 7.89. The molecule has 2 heterocycles. The molecule has 0 saturated carbocycles. The van der Waals surface area contributed by atoms with E-state index in [0.29, 0.717) is 48.1 Å². The van der Waals surface area contributed by atoms with Gasteiger partial charge in [-0.25, -0.2) is 17.9 Å². The van der Waals surface area contributed by atoms with Crippen molar-refractivity contribution in [1.29, 1.82) is 0 Å². The summed E-state index contributed by atoms with van der Waals surface area (Å²) in [5.74, 6) is -0.273. The number of piperazine rings is 1. The van der Waals surface area contributed by atoms with Crippen molar-refractivity contribution < 1.29 is 13.2 Å². The van der Waals surface area contributed by atoms with Gasteiger partial charge in [-0.15, -0.1) is 0 Å². The van der Waals surface area contributed by atoms with Gasteiger partial charge in [0.15, 0.2) is 0 Å². The molecule has 0 radical (unpaired) electrons. The molecule has 1 aromatic heterocycles. The third-order valence-corrected chi connectivity index (χ3v) is 8.63. The zero-order valence-electron chi connectivity index (χ0n) is 22.0. The van der Waals surface area contributed by atoms with Crippen LogP contribution < -0.4 is 15.7 Å². The fraction of sp³-hybridized carbons (Fsp3) is 0.241.